The number of hydrogen-bond acceptors (Lipinski definition) is 6. The van der Waals surface area contributed by atoms with Crippen LogP contribution in [0, 0.1) is 0 Å². The normalized spacial score (nSPS) is 18.6. The predicted molar refractivity (Wildman–Crippen MR) is 106 cm³/mol. The molecular weight excluding hydrogens is 434 g/mol. The molecule has 2 atom stereocenters. The van der Waals surface area contributed by atoms with E-state index in [1.807, 2.05) is 0 Å². The van der Waals surface area contributed by atoms with E-state index in [-0.39, 0.29) is 24.3 Å². The number of benzene rings is 1. The van der Waals surface area contributed by atoms with Gasteiger partial charge in [0.2, 0.25) is 0 Å². The molecule has 1 amide bonds. The number of aromatic nitrogens is 3. The van der Waals surface area contributed by atoms with Crippen molar-refractivity contribution in [2.75, 3.05) is 23.3 Å². The Hall–Kier alpha value is -3.67. The number of anilines is 2. The fourth-order valence-corrected chi connectivity index (χ4v) is 3.30. The topological polar surface area (TPSA) is 103 Å². The number of halogens is 4. The van der Waals surface area contributed by atoms with Gasteiger partial charge in [-0.2, -0.15) is 5.10 Å². The summed E-state index contributed by atoms with van der Waals surface area (Å²) in [5.74, 6) is -0.597. The van der Waals surface area contributed by atoms with Crippen LogP contribution in [0.3, 0.4) is 0 Å². The first-order valence-corrected chi connectivity index (χ1v) is 9.43. The summed E-state index contributed by atoms with van der Waals surface area (Å²) < 4.78 is 54.4. The molecule has 0 saturated carbocycles. The van der Waals surface area contributed by atoms with Crippen LogP contribution in [-0.2, 0) is 0 Å². The minimum atomic E-state index is -4.81. The third-order valence-corrected chi connectivity index (χ3v) is 4.78. The van der Waals surface area contributed by atoms with Gasteiger partial charge in [0.05, 0.1) is 17.8 Å². The van der Waals surface area contributed by atoms with Crippen molar-refractivity contribution in [3.8, 4) is 17.0 Å². The van der Waals surface area contributed by atoms with E-state index < -0.39 is 30.3 Å². The van der Waals surface area contributed by atoms with Crippen molar-refractivity contribution < 1.29 is 32.2 Å². The molecule has 1 aliphatic heterocycles. The lowest BCUT2D eigenvalue weighted by Crippen LogP contribution is -2.23. The lowest BCUT2D eigenvalue weighted by atomic mass is 10.1. The Balaban J connectivity index is 1.56. The second-order valence-corrected chi connectivity index (χ2v) is 7.08. The molecule has 0 unspecified atom stereocenters. The number of alkyl halides is 4. The molecule has 0 aliphatic carbocycles. The van der Waals surface area contributed by atoms with Gasteiger partial charge in [0, 0.05) is 30.2 Å². The van der Waals surface area contributed by atoms with Crippen LogP contribution in [-0.4, -0.2) is 57.9 Å². The van der Waals surface area contributed by atoms with Gasteiger partial charge in [0.25, 0.3) is 5.91 Å². The summed E-state index contributed by atoms with van der Waals surface area (Å²) >= 11 is 0. The third kappa shape index (κ3) is 4.80. The Kier molecular flexibility index (Phi) is 5.70. The molecule has 1 aliphatic rings. The van der Waals surface area contributed by atoms with Gasteiger partial charge in [-0.25, -0.2) is 9.37 Å². The van der Waals surface area contributed by atoms with E-state index in [0.29, 0.717) is 17.1 Å². The van der Waals surface area contributed by atoms with Gasteiger partial charge in [-0.15, -0.1) is 13.2 Å². The molecular formula is C20H17F4N5O3. The molecule has 1 fully saturated rings. The number of carbonyl (C=O) groups excluding carboxylic acids is 1. The summed E-state index contributed by atoms with van der Waals surface area (Å²) in [6, 6.07) is 7.87. The Morgan fingerprint density at radius 1 is 1.22 bits per heavy atom. The van der Waals surface area contributed by atoms with Crippen LogP contribution in [0.2, 0.25) is 0 Å². The number of β-amino-alcohol motifs (C(OH)–C–C–N with tert-alkyl or cyclic N) is 1. The predicted octanol–water partition coefficient (Wildman–Crippen LogP) is 3.14. The minimum absolute atomic E-state index is 0.0484. The fraction of sp³-hybridized carbons (Fsp3) is 0.250. The van der Waals surface area contributed by atoms with Crippen molar-refractivity contribution in [1.82, 2.24) is 15.2 Å². The number of H-pyrrole nitrogens is 1. The lowest BCUT2D eigenvalue weighted by Gasteiger charge is -2.20. The smallest absolute Gasteiger partial charge is 0.406 e. The van der Waals surface area contributed by atoms with Crippen LogP contribution in [0.1, 0.15) is 10.4 Å². The summed E-state index contributed by atoms with van der Waals surface area (Å²) in [5, 5.41) is 19.0. The number of aliphatic hydroxyl groups excluding tert-OH is 1. The summed E-state index contributed by atoms with van der Waals surface area (Å²) in [7, 11) is 0. The Labute approximate surface area is 178 Å². The van der Waals surface area contributed by atoms with Gasteiger partial charge in [-0.3, -0.25) is 9.89 Å². The Morgan fingerprint density at radius 2 is 1.97 bits per heavy atom. The van der Waals surface area contributed by atoms with Crippen molar-refractivity contribution in [3.63, 3.8) is 0 Å². The van der Waals surface area contributed by atoms with Gasteiger partial charge < -0.3 is 20.1 Å². The maximum absolute atomic E-state index is 13.8. The minimum Gasteiger partial charge on any atom is -0.406 e. The number of nitrogens with one attached hydrogen (secondary N) is 2. The monoisotopic (exact) mass is 451 g/mol. The molecule has 1 saturated heterocycles. The van der Waals surface area contributed by atoms with E-state index in [1.165, 1.54) is 30.6 Å². The highest BCUT2D eigenvalue weighted by molar-refractivity contribution is 6.05. The van der Waals surface area contributed by atoms with E-state index in [4.69, 9.17) is 0 Å². The molecule has 3 N–H and O–H groups in total. The molecule has 4 rings (SSSR count). The largest absolute Gasteiger partial charge is 0.573 e. The van der Waals surface area contributed by atoms with E-state index in [9.17, 15) is 27.5 Å². The second kappa shape index (κ2) is 8.46. The molecule has 3 aromatic rings. The van der Waals surface area contributed by atoms with Crippen molar-refractivity contribution >= 4 is 17.4 Å². The molecule has 0 spiro atoms. The average molecular weight is 451 g/mol. The zero-order valence-electron chi connectivity index (χ0n) is 16.3. The number of hydrogen-bond donors (Lipinski definition) is 3. The summed E-state index contributed by atoms with van der Waals surface area (Å²) in [6.45, 7) is 0.000382. The van der Waals surface area contributed by atoms with Crippen LogP contribution in [0.25, 0.3) is 11.3 Å². The molecule has 1 aromatic carbocycles. The van der Waals surface area contributed by atoms with Gasteiger partial charge in [-0.1, -0.05) is 0 Å². The molecule has 32 heavy (non-hydrogen) atoms. The number of aliphatic hydroxyl groups is 1. The van der Waals surface area contributed by atoms with Crippen LogP contribution < -0.4 is 15.0 Å². The Bertz CT molecular complexity index is 1080. The highest BCUT2D eigenvalue weighted by Gasteiger charge is 2.33. The summed E-state index contributed by atoms with van der Waals surface area (Å²) in [4.78, 5) is 18.6. The summed E-state index contributed by atoms with van der Waals surface area (Å²) in [5.41, 5.74) is 1.42. The maximum atomic E-state index is 13.8. The molecule has 2 aromatic heterocycles. The van der Waals surface area contributed by atoms with E-state index in [1.54, 1.807) is 11.0 Å². The number of nitrogens with zero attached hydrogens (tertiary/aromatic N) is 3. The molecule has 3 heterocycles. The maximum Gasteiger partial charge on any atom is 0.573 e. The number of aromatic amines is 1. The van der Waals surface area contributed by atoms with E-state index >= 15 is 0 Å². The standard InChI is InChI=1S/C20H17F4N5O3/c21-15-9-29(10-17(15)30)18-14(16-5-6-26-28-16)7-11(8-25-18)19(31)27-12-1-3-13(4-2-12)32-20(22,23)24/h1-8,15,17,30H,9-10H2,(H,26,28)(H,27,31)/t15-,17-/m1/s1. The Morgan fingerprint density at radius 3 is 2.56 bits per heavy atom. The van der Waals surface area contributed by atoms with Gasteiger partial charge in [-0.05, 0) is 36.4 Å². The van der Waals surface area contributed by atoms with Crippen LogP contribution in [0.5, 0.6) is 5.75 Å². The second-order valence-electron chi connectivity index (χ2n) is 7.08. The van der Waals surface area contributed by atoms with E-state index in [0.717, 1.165) is 12.1 Å². The number of pyridine rings is 1. The first kappa shape index (κ1) is 21.6. The quantitative estimate of drug-likeness (QED) is 0.515. The lowest BCUT2D eigenvalue weighted by molar-refractivity contribution is -0.274. The number of carbonyl (C=O) groups is 1. The highest BCUT2D eigenvalue weighted by atomic mass is 19.4. The molecule has 168 valence electrons. The zero-order chi connectivity index (χ0) is 22.9. The van der Waals surface area contributed by atoms with Gasteiger partial charge in [0.15, 0.2) is 0 Å². The van der Waals surface area contributed by atoms with Crippen LogP contribution in [0.4, 0.5) is 29.1 Å². The molecule has 0 bridgehead atoms. The molecule has 0 radical (unpaired) electrons. The van der Waals surface area contributed by atoms with Crippen molar-refractivity contribution in [2.45, 2.75) is 18.6 Å². The molecule has 12 heteroatoms. The van der Waals surface area contributed by atoms with Crippen molar-refractivity contribution in [3.05, 3.63) is 54.4 Å². The van der Waals surface area contributed by atoms with Crippen LogP contribution >= 0.6 is 0 Å². The van der Waals surface area contributed by atoms with Crippen LogP contribution in [0.15, 0.2) is 48.8 Å². The summed E-state index contributed by atoms with van der Waals surface area (Å²) in [6.07, 6.45) is -4.57. The van der Waals surface area contributed by atoms with Crippen molar-refractivity contribution in [2.24, 2.45) is 0 Å². The third-order valence-electron chi connectivity index (χ3n) is 4.78. The average Bonchev–Trinajstić information content (AvgIpc) is 3.38. The first-order chi connectivity index (χ1) is 15.2. The van der Waals surface area contributed by atoms with Crippen molar-refractivity contribution in [1.29, 1.82) is 0 Å². The number of rotatable bonds is 5. The first-order valence-electron chi connectivity index (χ1n) is 9.43. The van der Waals surface area contributed by atoms with E-state index in [2.05, 4.69) is 25.2 Å². The van der Waals surface area contributed by atoms with Gasteiger partial charge in [0.1, 0.15) is 23.8 Å². The molecule has 8 nitrogen and oxygen atoms in total. The number of ether oxygens (including phenoxy) is 1. The fourth-order valence-electron chi connectivity index (χ4n) is 3.30. The zero-order valence-corrected chi connectivity index (χ0v) is 16.3. The van der Waals surface area contributed by atoms with Gasteiger partial charge >= 0.3 is 6.36 Å². The SMILES string of the molecule is O=C(Nc1ccc(OC(F)(F)F)cc1)c1cnc(N2C[C@@H](O)[C@H](F)C2)c(-c2ccn[nH]2)c1. The highest BCUT2D eigenvalue weighted by Crippen LogP contribution is 2.32. The number of amides is 1.